The number of cyclic esters (lactones) is 1. The van der Waals surface area contributed by atoms with E-state index in [1.165, 1.54) is 6.07 Å². The van der Waals surface area contributed by atoms with E-state index < -0.39 is 23.2 Å². The molecule has 7 rings (SSSR count). The van der Waals surface area contributed by atoms with E-state index in [-0.39, 0.29) is 42.1 Å². The summed E-state index contributed by atoms with van der Waals surface area (Å²) in [7, 11) is 0. The van der Waals surface area contributed by atoms with E-state index in [4.69, 9.17) is 9.72 Å². The van der Waals surface area contributed by atoms with Crippen molar-refractivity contribution in [3.05, 3.63) is 61.7 Å². The number of likely N-dealkylation sites (tertiary alicyclic amines) is 1. The molecule has 1 saturated heterocycles. The van der Waals surface area contributed by atoms with Crippen LogP contribution in [0.2, 0.25) is 0 Å². The highest BCUT2D eigenvalue weighted by Crippen LogP contribution is 2.50. The SMILES string of the molecule is CC[C@@]1(O)C(=O)OCc2c1cc1n(c2=O)Cc2c-1nc1cc(F)c(C)c3c1c2[C@](C)(N1CC[C@@H](O)C1)CC3. The second-order valence-corrected chi connectivity index (χ2v) is 11.4. The molecule has 0 radical (unpaired) electrons. The highest BCUT2D eigenvalue weighted by Gasteiger charge is 2.48. The number of pyridine rings is 2. The Labute approximate surface area is 218 Å². The number of rotatable bonds is 2. The number of benzene rings is 1. The summed E-state index contributed by atoms with van der Waals surface area (Å²) in [5.41, 5.74) is 3.01. The average Bonchev–Trinajstić information content (AvgIpc) is 3.50. The van der Waals surface area contributed by atoms with E-state index in [1.54, 1.807) is 24.5 Å². The number of carbonyl (C=O) groups excluding carboxylic acids is 1. The Kier molecular flexibility index (Phi) is 4.86. The van der Waals surface area contributed by atoms with Crippen LogP contribution in [0.3, 0.4) is 0 Å². The summed E-state index contributed by atoms with van der Waals surface area (Å²) < 4.78 is 21.9. The van der Waals surface area contributed by atoms with Gasteiger partial charge in [-0.3, -0.25) is 9.69 Å². The van der Waals surface area contributed by atoms with E-state index in [2.05, 4.69) is 11.8 Å². The van der Waals surface area contributed by atoms with Crippen molar-refractivity contribution >= 4 is 16.9 Å². The van der Waals surface area contributed by atoms with Crippen molar-refractivity contribution in [1.82, 2.24) is 14.5 Å². The van der Waals surface area contributed by atoms with Crippen molar-refractivity contribution in [2.24, 2.45) is 0 Å². The number of nitrogens with zero attached hydrogens (tertiary/aromatic N) is 3. The summed E-state index contributed by atoms with van der Waals surface area (Å²) in [6, 6.07) is 3.17. The lowest BCUT2D eigenvalue weighted by Crippen LogP contribution is -2.46. The monoisotopic (exact) mass is 519 g/mol. The lowest BCUT2D eigenvalue weighted by Gasteiger charge is -2.44. The maximum atomic E-state index is 15.1. The van der Waals surface area contributed by atoms with Crippen LogP contribution in [0.25, 0.3) is 22.3 Å². The predicted octanol–water partition coefficient (Wildman–Crippen LogP) is 2.76. The fourth-order valence-corrected chi connectivity index (χ4v) is 7.29. The van der Waals surface area contributed by atoms with Crippen molar-refractivity contribution in [3.63, 3.8) is 0 Å². The zero-order valence-corrected chi connectivity index (χ0v) is 21.7. The topological polar surface area (TPSA) is 105 Å². The summed E-state index contributed by atoms with van der Waals surface area (Å²) >= 11 is 0. The van der Waals surface area contributed by atoms with Gasteiger partial charge in [0.25, 0.3) is 5.56 Å². The van der Waals surface area contributed by atoms with Crippen molar-refractivity contribution in [2.75, 3.05) is 13.1 Å². The average molecular weight is 520 g/mol. The van der Waals surface area contributed by atoms with Crippen molar-refractivity contribution in [2.45, 2.75) is 76.9 Å². The first kappa shape index (κ1) is 23.9. The second-order valence-electron chi connectivity index (χ2n) is 11.4. The highest BCUT2D eigenvalue weighted by atomic mass is 19.1. The van der Waals surface area contributed by atoms with Crippen molar-refractivity contribution in [3.8, 4) is 11.4 Å². The third-order valence-electron chi connectivity index (χ3n) is 9.57. The molecule has 3 aromatic rings. The number of hydrogen-bond acceptors (Lipinski definition) is 7. The Hall–Kier alpha value is -3.14. The van der Waals surface area contributed by atoms with Crippen LogP contribution in [0.5, 0.6) is 0 Å². The van der Waals surface area contributed by atoms with Gasteiger partial charge < -0.3 is 19.5 Å². The molecule has 1 aromatic carbocycles. The van der Waals surface area contributed by atoms with Crippen LogP contribution < -0.4 is 5.56 Å². The minimum atomic E-state index is -1.91. The first-order valence-corrected chi connectivity index (χ1v) is 13.3. The highest BCUT2D eigenvalue weighted by molar-refractivity contribution is 5.93. The molecule has 0 amide bonds. The molecule has 0 bridgehead atoms. The van der Waals surface area contributed by atoms with Crippen LogP contribution >= 0.6 is 0 Å². The number of aliphatic hydroxyl groups excluding tert-OH is 1. The van der Waals surface area contributed by atoms with Gasteiger partial charge in [0.1, 0.15) is 12.4 Å². The van der Waals surface area contributed by atoms with Crippen molar-refractivity contribution in [1.29, 1.82) is 0 Å². The summed E-state index contributed by atoms with van der Waals surface area (Å²) in [5.74, 6) is -1.07. The van der Waals surface area contributed by atoms with E-state index >= 15 is 4.39 Å². The lowest BCUT2D eigenvalue weighted by atomic mass is 9.73. The summed E-state index contributed by atoms with van der Waals surface area (Å²) in [5, 5.41) is 22.5. The molecule has 5 heterocycles. The summed E-state index contributed by atoms with van der Waals surface area (Å²) in [4.78, 5) is 33.5. The van der Waals surface area contributed by atoms with Gasteiger partial charge in [-0.25, -0.2) is 14.2 Å². The molecule has 8 nitrogen and oxygen atoms in total. The number of aromatic nitrogens is 2. The van der Waals surface area contributed by atoms with Gasteiger partial charge >= 0.3 is 5.97 Å². The molecular formula is C29H30FN3O5. The Bertz CT molecular complexity index is 1650. The number of fused-ring (bicyclic) bond motifs is 5. The van der Waals surface area contributed by atoms with Gasteiger partial charge in [-0.1, -0.05) is 6.92 Å². The molecule has 9 heteroatoms. The number of halogens is 1. The van der Waals surface area contributed by atoms with Gasteiger partial charge in [0, 0.05) is 41.2 Å². The Balaban J connectivity index is 1.55. The zero-order chi connectivity index (χ0) is 26.7. The number of β-amino-alcohol motifs (C(OH)–C–C–N with tert-alkyl or cyclic N) is 1. The molecule has 2 N–H and O–H groups in total. The number of aliphatic hydroxyl groups is 2. The molecule has 3 atom stereocenters. The Morgan fingerprint density at radius 3 is 2.74 bits per heavy atom. The first-order valence-electron chi connectivity index (χ1n) is 13.3. The number of ether oxygens (including phenoxy) is 1. The van der Waals surface area contributed by atoms with Gasteiger partial charge in [0.2, 0.25) is 0 Å². The fourth-order valence-electron chi connectivity index (χ4n) is 7.29. The second kappa shape index (κ2) is 7.71. The third kappa shape index (κ3) is 2.87. The molecule has 4 aliphatic rings. The maximum Gasteiger partial charge on any atom is 0.343 e. The first-order chi connectivity index (χ1) is 18.1. The lowest BCUT2D eigenvalue weighted by molar-refractivity contribution is -0.172. The van der Waals surface area contributed by atoms with Crippen LogP contribution in [0.1, 0.15) is 66.5 Å². The number of aryl methyl sites for hydroxylation is 1. The van der Waals surface area contributed by atoms with Crippen LogP contribution in [0.4, 0.5) is 4.39 Å². The van der Waals surface area contributed by atoms with Crippen molar-refractivity contribution < 1.29 is 24.1 Å². The zero-order valence-electron chi connectivity index (χ0n) is 21.7. The molecule has 1 fully saturated rings. The van der Waals surface area contributed by atoms with Gasteiger partial charge in [0.05, 0.1) is 35.1 Å². The smallest absolute Gasteiger partial charge is 0.343 e. The number of carbonyl (C=O) groups is 1. The van der Waals surface area contributed by atoms with Crippen LogP contribution in [-0.2, 0) is 40.2 Å². The fraction of sp³-hybridized carbons (Fsp3) is 0.483. The molecule has 38 heavy (non-hydrogen) atoms. The molecule has 3 aliphatic heterocycles. The van der Waals surface area contributed by atoms with Gasteiger partial charge in [-0.2, -0.15) is 0 Å². The number of hydrogen-bond donors (Lipinski definition) is 2. The van der Waals surface area contributed by atoms with Gasteiger partial charge in [0.15, 0.2) is 5.60 Å². The predicted molar refractivity (Wildman–Crippen MR) is 137 cm³/mol. The standard InChI is InChI=1S/C29H30FN3O5/c1-4-29(37)19-9-22-25-17(12-33(22)26(35)18(19)13-38-27(29)36)24-23-16(14(2)20(30)10-21(23)31-25)5-7-28(24,3)32-8-6-15(34)11-32/h9-10,15,34,37H,4-8,11-13H2,1-3H3/t15-,28-,29+/m1/s1. The van der Waals surface area contributed by atoms with E-state index in [0.717, 1.165) is 35.0 Å². The van der Waals surface area contributed by atoms with E-state index in [9.17, 15) is 19.8 Å². The molecular weight excluding hydrogens is 489 g/mol. The quantitative estimate of drug-likeness (QED) is 0.393. The Morgan fingerprint density at radius 2 is 2.03 bits per heavy atom. The number of esters is 1. The molecule has 2 aromatic heterocycles. The van der Waals surface area contributed by atoms with Gasteiger partial charge in [-0.15, -0.1) is 0 Å². The molecule has 0 unspecified atom stereocenters. The molecule has 0 saturated carbocycles. The Morgan fingerprint density at radius 1 is 1.24 bits per heavy atom. The van der Waals surface area contributed by atoms with Crippen LogP contribution in [0.15, 0.2) is 16.9 Å². The minimum absolute atomic E-state index is 0.0637. The van der Waals surface area contributed by atoms with Crippen LogP contribution in [0, 0.1) is 12.7 Å². The van der Waals surface area contributed by atoms with Gasteiger partial charge in [-0.05, 0) is 62.3 Å². The molecule has 1 aliphatic carbocycles. The van der Waals surface area contributed by atoms with Crippen LogP contribution in [-0.4, -0.2) is 49.8 Å². The third-order valence-corrected chi connectivity index (χ3v) is 9.57. The normalized spacial score (nSPS) is 27.8. The van der Waals surface area contributed by atoms with E-state index in [0.29, 0.717) is 41.9 Å². The summed E-state index contributed by atoms with van der Waals surface area (Å²) in [6.07, 6.45) is 1.80. The molecule has 0 spiro atoms. The maximum absolute atomic E-state index is 15.1. The molecule has 198 valence electrons. The minimum Gasteiger partial charge on any atom is -0.458 e. The largest absolute Gasteiger partial charge is 0.458 e. The van der Waals surface area contributed by atoms with E-state index in [1.807, 2.05) is 0 Å². The summed E-state index contributed by atoms with van der Waals surface area (Å²) in [6.45, 7) is 7.06.